The molecule has 2 rings (SSSR count). The Kier molecular flexibility index (Phi) is 11.0. The van der Waals surface area contributed by atoms with Crippen molar-refractivity contribution in [3.63, 3.8) is 0 Å². The van der Waals surface area contributed by atoms with Gasteiger partial charge in [0.05, 0.1) is 0 Å². The van der Waals surface area contributed by atoms with E-state index in [1.807, 2.05) is 0 Å². The summed E-state index contributed by atoms with van der Waals surface area (Å²) in [5, 5.41) is 0. The summed E-state index contributed by atoms with van der Waals surface area (Å²) < 4.78 is 11.7. The molecule has 0 saturated heterocycles. The molecule has 0 saturated carbocycles. The monoisotopic (exact) mass is 402 g/mol. The summed E-state index contributed by atoms with van der Waals surface area (Å²) in [5.41, 5.74) is 0. The largest absolute Gasteiger partial charge is 2.00 e. The van der Waals surface area contributed by atoms with Gasteiger partial charge in [-0.25, -0.2) is 0 Å². The molecule has 0 aromatic heterocycles. The molecule has 0 aliphatic heterocycles. The second-order valence-corrected chi connectivity index (χ2v) is 16.8. The summed E-state index contributed by atoms with van der Waals surface area (Å²) in [6.45, 7) is 13.3. The second-order valence-electron chi connectivity index (χ2n) is 7.91. The normalized spacial score (nSPS) is 18.5. The number of hydrogen-bond acceptors (Lipinski definition) is 2. The van der Waals surface area contributed by atoms with E-state index in [1.165, 1.54) is 37.2 Å². The Morgan fingerprint density at radius 1 is 0.739 bits per heavy atom. The Labute approximate surface area is 159 Å². The Morgan fingerprint density at radius 3 is 1.30 bits per heavy atom. The molecule has 0 aromatic rings. The maximum Gasteiger partial charge on any atom is 2.00 e. The quantitative estimate of drug-likeness (QED) is 0.410. The first-order valence-electron chi connectivity index (χ1n) is 8.55. The molecule has 0 atom stereocenters. The second kappa shape index (κ2) is 10.9. The van der Waals surface area contributed by atoms with Crippen LogP contribution in [0, 0.1) is 12.8 Å². The molecule has 0 unspecified atom stereocenters. The van der Waals surface area contributed by atoms with Crippen LogP contribution in [-0.2, 0) is 28.3 Å². The average Bonchev–Trinajstić information content (AvgIpc) is 2.38. The summed E-state index contributed by atoms with van der Waals surface area (Å²) in [7, 11) is -2.67. The standard InChI is InChI=1S/2C9H17OSi.Zn/c2*1-11(2,3)10-9-7-5-4-6-8-9;/h2*5,8H,4,6-7H2,1-3H3;/q2*-1;+2. The minimum atomic E-state index is -1.33. The first-order valence-corrected chi connectivity index (χ1v) is 15.4. The summed E-state index contributed by atoms with van der Waals surface area (Å²) in [6.07, 6.45) is 15.9. The van der Waals surface area contributed by atoms with Crippen LogP contribution < -0.4 is 0 Å². The molecule has 0 fully saturated rings. The van der Waals surface area contributed by atoms with Crippen molar-refractivity contribution in [1.29, 1.82) is 0 Å². The summed E-state index contributed by atoms with van der Waals surface area (Å²) >= 11 is 0. The first-order chi connectivity index (χ1) is 10.2. The van der Waals surface area contributed by atoms with E-state index < -0.39 is 16.6 Å². The third-order valence-electron chi connectivity index (χ3n) is 3.05. The zero-order valence-electron chi connectivity index (χ0n) is 16.1. The third kappa shape index (κ3) is 13.1. The van der Waals surface area contributed by atoms with E-state index >= 15 is 0 Å². The summed E-state index contributed by atoms with van der Waals surface area (Å²) in [5.74, 6) is 2.41. The molecule has 23 heavy (non-hydrogen) atoms. The summed E-state index contributed by atoms with van der Waals surface area (Å²) in [4.78, 5) is 0. The van der Waals surface area contributed by atoms with E-state index in [0.717, 1.165) is 12.8 Å². The Bertz CT molecular complexity index is 355. The van der Waals surface area contributed by atoms with E-state index in [4.69, 9.17) is 8.85 Å². The molecule has 0 amide bonds. The molecule has 5 heteroatoms. The van der Waals surface area contributed by atoms with Crippen LogP contribution in [0.15, 0.2) is 23.7 Å². The predicted octanol–water partition coefficient (Wildman–Crippen LogP) is 6.22. The van der Waals surface area contributed by atoms with Crippen molar-refractivity contribution in [3.05, 3.63) is 36.5 Å². The van der Waals surface area contributed by atoms with E-state index in [1.54, 1.807) is 0 Å². The molecule has 0 spiro atoms. The Hall–Kier alpha value is 0.137. The average molecular weight is 404 g/mol. The van der Waals surface area contributed by atoms with Gasteiger partial charge in [0.25, 0.3) is 0 Å². The molecule has 2 nitrogen and oxygen atoms in total. The fourth-order valence-electron chi connectivity index (χ4n) is 2.33. The van der Waals surface area contributed by atoms with Crippen molar-refractivity contribution in [2.75, 3.05) is 0 Å². The van der Waals surface area contributed by atoms with Crippen molar-refractivity contribution >= 4 is 16.6 Å². The van der Waals surface area contributed by atoms with Crippen molar-refractivity contribution < 1.29 is 28.3 Å². The van der Waals surface area contributed by atoms with Crippen LogP contribution in [0.25, 0.3) is 0 Å². The van der Waals surface area contributed by atoms with Gasteiger partial charge >= 0.3 is 19.5 Å². The smallest absolute Gasteiger partial charge is 0.550 e. The van der Waals surface area contributed by atoms with E-state index in [2.05, 4.69) is 64.3 Å². The Morgan fingerprint density at radius 2 is 1.09 bits per heavy atom. The fourth-order valence-corrected chi connectivity index (χ4v) is 4.24. The van der Waals surface area contributed by atoms with E-state index in [0.29, 0.717) is 0 Å². The number of hydrogen-bond donors (Lipinski definition) is 0. The fraction of sp³-hybridized carbons (Fsp3) is 0.667. The van der Waals surface area contributed by atoms with Crippen molar-refractivity contribution in [2.45, 2.75) is 77.8 Å². The molecular formula is C18H34O2Si2Zn. The van der Waals surface area contributed by atoms with Gasteiger partial charge in [0, 0.05) is 11.5 Å². The van der Waals surface area contributed by atoms with Gasteiger partial charge in [-0.05, 0) is 39.3 Å². The SMILES string of the molecule is C[Si](C)(C)OC1=CCC[CH-]C1.C[Si](C)(C)OC1=CCC[CH-]C1.[Zn+2]. The van der Waals surface area contributed by atoms with Crippen LogP contribution in [0.2, 0.25) is 39.3 Å². The summed E-state index contributed by atoms with van der Waals surface area (Å²) in [6, 6.07) is 0. The number of allylic oxidation sites excluding steroid dienone is 4. The van der Waals surface area contributed by atoms with Gasteiger partial charge in [-0.1, -0.05) is 25.0 Å². The topological polar surface area (TPSA) is 18.5 Å². The molecule has 0 aromatic carbocycles. The zero-order chi connectivity index (χ0) is 16.6. The molecular weight excluding hydrogens is 370 g/mol. The molecule has 2 aliphatic carbocycles. The van der Waals surface area contributed by atoms with E-state index in [-0.39, 0.29) is 19.5 Å². The zero-order valence-corrected chi connectivity index (χ0v) is 21.0. The molecule has 0 radical (unpaired) electrons. The molecule has 128 valence electrons. The van der Waals surface area contributed by atoms with Gasteiger partial charge in [-0.2, -0.15) is 12.8 Å². The molecule has 0 N–H and O–H groups in total. The van der Waals surface area contributed by atoms with Gasteiger partial charge in [0.15, 0.2) is 0 Å². The minimum Gasteiger partial charge on any atom is -0.550 e. The van der Waals surface area contributed by atoms with Gasteiger partial charge < -0.3 is 21.7 Å². The van der Waals surface area contributed by atoms with Crippen molar-refractivity contribution in [1.82, 2.24) is 0 Å². The van der Waals surface area contributed by atoms with Gasteiger partial charge in [-0.15, -0.1) is 12.8 Å². The van der Waals surface area contributed by atoms with Crippen LogP contribution in [0.3, 0.4) is 0 Å². The molecule has 2 aliphatic rings. The third-order valence-corrected chi connectivity index (χ3v) is 4.80. The minimum absolute atomic E-state index is 0. The van der Waals surface area contributed by atoms with Gasteiger partial charge in [0.1, 0.15) is 0 Å². The van der Waals surface area contributed by atoms with E-state index in [9.17, 15) is 0 Å². The van der Waals surface area contributed by atoms with Crippen molar-refractivity contribution in [2.24, 2.45) is 0 Å². The van der Waals surface area contributed by atoms with Crippen LogP contribution in [0.1, 0.15) is 38.5 Å². The first kappa shape index (κ1) is 23.1. The van der Waals surface area contributed by atoms with Crippen molar-refractivity contribution in [3.8, 4) is 0 Å². The number of rotatable bonds is 4. The van der Waals surface area contributed by atoms with Crippen LogP contribution in [0.5, 0.6) is 0 Å². The Balaban J connectivity index is 0.000000403. The van der Waals surface area contributed by atoms with Crippen LogP contribution >= 0.6 is 0 Å². The van der Waals surface area contributed by atoms with Gasteiger partial charge in [0.2, 0.25) is 16.6 Å². The maximum atomic E-state index is 5.85. The molecule has 0 bridgehead atoms. The van der Waals surface area contributed by atoms with Gasteiger partial charge in [-0.3, -0.25) is 0 Å². The van der Waals surface area contributed by atoms with Crippen LogP contribution in [0.4, 0.5) is 0 Å². The van der Waals surface area contributed by atoms with Crippen LogP contribution in [-0.4, -0.2) is 16.6 Å². The molecule has 0 heterocycles. The maximum absolute atomic E-state index is 5.85. The predicted molar refractivity (Wildman–Crippen MR) is 101 cm³/mol.